The summed E-state index contributed by atoms with van der Waals surface area (Å²) in [6, 6.07) is 9.69. The van der Waals surface area contributed by atoms with Crippen molar-refractivity contribution in [1.82, 2.24) is 20.4 Å². The first-order valence-corrected chi connectivity index (χ1v) is 8.75. The molecular formula is C18H24N6O. The molecule has 3 N–H and O–H groups in total. The summed E-state index contributed by atoms with van der Waals surface area (Å²) in [7, 11) is 2.00. The number of para-hydroxylation sites is 1. The van der Waals surface area contributed by atoms with Gasteiger partial charge in [-0.2, -0.15) is 0 Å². The molecule has 2 atom stereocenters. The van der Waals surface area contributed by atoms with Crippen molar-refractivity contribution >= 4 is 11.5 Å². The van der Waals surface area contributed by atoms with E-state index >= 15 is 0 Å². The molecule has 4 rings (SSSR count). The Bertz CT molecular complexity index is 767. The molecule has 1 aromatic heterocycles. The van der Waals surface area contributed by atoms with Gasteiger partial charge in [0.15, 0.2) is 5.82 Å². The second-order valence-electron chi connectivity index (χ2n) is 6.67. The van der Waals surface area contributed by atoms with Crippen LogP contribution in [-0.4, -0.2) is 65.6 Å². The number of phenolic OH excluding ortho intramolecular Hbond substituents is 1. The third-order valence-electron chi connectivity index (χ3n) is 5.25. The van der Waals surface area contributed by atoms with Crippen LogP contribution >= 0.6 is 0 Å². The average molecular weight is 340 g/mol. The van der Waals surface area contributed by atoms with Crippen molar-refractivity contribution in [2.75, 3.05) is 43.4 Å². The van der Waals surface area contributed by atoms with Gasteiger partial charge in [-0.3, -0.25) is 4.90 Å². The molecule has 7 nitrogen and oxygen atoms in total. The fourth-order valence-electron chi connectivity index (χ4n) is 3.67. The third-order valence-corrected chi connectivity index (χ3v) is 5.25. The highest BCUT2D eigenvalue weighted by Gasteiger charge is 2.34. The van der Waals surface area contributed by atoms with E-state index in [-0.39, 0.29) is 5.75 Å². The minimum atomic E-state index is 0.227. The number of benzene rings is 1. The van der Waals surface area contributed by atoms with E-state index in [0.717, 1.165) is 37.7 Å². The first-order chi connectivity index (χ1) is 12.2. The molecule has 0 spiro atoms. The van der Waals surface area contributed by atoms with Crippen LogP contribution in [0.3, 0.4) is 0 Å². The monoisotopic (exact) mass is 340 g/mol. The lowest BCUT2D eigenvalue weighted by molar-refractivity contribution is 0.154. The molecule has 1 saturated heterocycles. The van der Waals surface area contributed by atoms with E-state index < -0.39 is 0 Å². The van der Waals surface area contributed by atoms with Gasteiger partial charge in [-0.05, 0) is 32.2 Å². The van der Waals surface area contributed by atoms with Gasteiger partial charge in [-0.25, -0.2) is 0 Å². The number of anilines is 2. The zero-order valence-electron chi connectivity index (χ0n) is 14.6. The van der Waals surface area contributed by atoms with Crippen LogP contribution in [0.2, 0.25) is 0 Å². The molecule has 2 aromatic rings. The molecule has 2 aliphatic heterocycles. The molecule has 0 bridgehead atoms. The van der Waals surface area contributed by atoms with E-state index in [9.17, 15) is 5.11 Å². The largest absolute Gasteiger partial charge is 0.507 e. The molecule has 0 amide bonds. The lowest BCUT2D eigenvalue weighted by Gasteiger charge is -2.47. The number of piperazine rings is 1. The van der Waals surface area contributed by atoms with Gasteiger partial charge < -0.3 is 20.6 Å². The van der Waals surface area contributed by atoms with Gasteiger partial charge in [0.25, 0.3) is 0 Å². The maximum absolute atomic E-state index is 10.1. The number of aromatic hydroxyl groups is 1. The van der Waals surface area contributed by atoms with Crippen LogP contribution in [-0.2, 0) is 0 Å². The lowest BCUT2D eigenvalue weighted by atomic mass is 10.1. The number of aromatic nitrogens is 2. The van der Waals surface area contributed by atoms with E-state index in [1.807, 2.05) is 31.3 Å². The molecule has 1 fully saturated rings. The molecule has 2 aliphatic rings. The van der Waals surface area contributed by atoms with Crippen molar-refractivity contribution < 1.29 is 5.11 Å². The summed E-state index contributed by atoms with van der Waals surface area (Å²) in [5.74, 6) is 1.05. The maximum atomic E-state index is 10.1. The normalized spacial score (nSPS) is 21.2. The van der Waals surface area contributed by atoms with Crippen LogP contribution in [0.4, 0.5) is 11.5 Å². The van der Waals surface area contributed by atoms with Crippen LogP contribution in [0.1, 0.15) is 6.92 Å². The van der Waals surface area contributed by atoms with Gasteiger partial charge in [-0.1, -0.05) is 12.1 Å². The van der Waals surface area contributed by atoms with Crippen LogP contribution in [0.15, 0.2) is 30.3 Å². The summed E-state index contributed by atoms with van der Waals surface area (Å²) in [6.07, 6.45) is 0.371. The number of hydrogen-bond acceptors (Lipinski definition) is 7. The minimum Gasteiger partial charge on any atom is -0.507 e. The van der Waals surface area contributed by atoms with Crippen molar-refractivity contribution in [3.63, 3.8) is 0 Å². The van der Waals surface area contributed by atoms with Crippen LogP contribution in [0.25, 0.3) is 11.3 Å². The van der Waals surface area contributed by atoms with Crippen LogP contribution < -0.4 is 15.5 Å². The van der Waals surface area contributed by atoms with Crippen molar-refractivity contribution in [2.24, 2.45) is 0 Å². The molecule has 3 heterocycles. The summed E-state index contributed by atoms with van der Waals surface area (Å²) in [5, 5.41) is 25.5. The van der Waals surface area contributed by atoms with Crippen molar-refractivity contribution in [3.05, 3.63) is 30.3 Å². The summed E-state index contributed by atoms with van der Waals surface area (Å²) in [5.41, 5.74) is 2.48. The summed E-state index contributed by atoms with van der Waals surface area (Å²) < 4.78 is 0. The maximum Gasteiger partial charge on any atom is 0.172 e. The Balaban J connectivity index is 1.64. The van der Waals surface area contributed by atoms with Crippen molar-refractivity contribution in [1.29, 1.82) is 0 Å². The number of fused-ring (bicyclic) bond motifs is 3. The molecule has 0 saturated carbocycles. The Labute approximate surface area is 147 Å². The Morgan fingerprint density at radius 3 is 2.92 bits per heavy atom. The van der Waals surface area contributed by atoms with Crippen molar-refractivity contribution in [2.45, 2.75) is 19.1 Å². The summed E-state index contributed by atoms with van der Waals surface area (Å²) >= 11 is 0. The highest BCUT2D eigenvalue weighted by Crippen LogP contribution is 2.35. The number of nitrogens with zero attached hydrogens (tertiary/aromatic N) is 4. The van der Waals surface area contributed by atoms with Crippen molar-refractivity contribution in [3.8, 4) is 17.0 Å². The van der Waals surface area contributed by atoms with E-state index in [2.05, 4.69) is 37.6 Å². The highest BCUT2D eigenvalue weighted by atomic mass is 16.3. The quantitative estimate of drug-likeness (QED) is 0.778. The average Bonchev–Trinajstić information content (AvgIpc) is 2.66. The molecule has 7 heteroatoms. The molecule has 1 aromatic carbocycles. The topological polar surface area (TPSA) is 76.5 Å². The molecule has 0 radical (unpaired) electrons. The minimum absolute atomic E-state index is 0.227. The number of nitrogens with one attached hydrogen (secondary N) is 2. The second kappa shape index (κ2) is 6.50. The van der Waals surface area contributed by atoms with Gasteiger partial charge in [-0.15, -0.1) is 10.2 Å². The standard InChI is InChI=1S/C18H24N6O/c1-12(19-2)23-7-8-24-13(11-23)10-20-18-16(24)9-15(21-22-18)14-5-3-4-6-17(14)25/h3-6,9,12-13,19,25H,7-8,10-11H2,1-2H3,(H,20,22)/t12?,13-/m0/s1. The van der Waals surface area contributed by atoms with Gasteiger partial charge in [0.1, 0.15) is 5.75 Å². The molecule has 25 heavy (non-hydrogen) atoms. The molecular weight excluding hydrogens is 316 g/mol. The smallest absolute Gasteiger partial charge is 0.172 e. The summed E-state index contributed by atoms with van der Waals surface area (Å²) in [6.45, 7) is 6.03. The molecule has 132 valence electrons. The fourth-order valence-corrected chi connectivity index (χ4v) is 3.67. The Morgan fingerprint density at radius 1 is 1.28 bits per heavy atom. The Kier molecular flexibility index (Phi) is 4.19. The van der Waals surface area contributed by atoms with Crippen LogP contribution in [0, 0.1) is 0 Å². The number of rotatable bonds is 3. The predicted molar refractivity (Wildman–Crippen MR) is 98.9 cm³/mol. The van der Waals surface area contributed by atoms with Gasteiger partial charge >= 0.3 is 0 Å². The van der Waals surface area contributed by atoms with E-state index in [4.69, 9.17) is 0 Å². The first kappa shape index (κ1) is 16.1. The van der Waals surface area contributed by atoms with E-state index in [1.165, 1.54) is 0 Å². The van der Waals surface area contributed by atoms with E-state index in [0.29, 0.717) is 23.5 Å². The molecule has 1 unspecified atom stereocenters. The molecule has 0 aliphatic carbocycles. The van der Waals surface area contributed by atoms with Crippen LogP contribution in [0.5, 0.6) is 5.75 Å². The Morgan fingerprint density at radius 2 is 2.12 bits per heavy atom. The summed E-state index contributed by atoms with van der Waals surface area (Å²) in [4.78, 5) is 4.88. The van der Waals surface area contributed by atoms with Gasteiger partial charge in [0, 0.05) is 31.7 Å². The second-order valence-corrected chi connectivity index (χ2v) is 6.67. The zero-order valence-corrected chi connectivity index (χ0v) is 14.6. The van der Waals surface area contributed by atoms with Gasteiger partial charge in [0.05, 0.1) is 23.6 Å². The van der Waals surface area contributed by atoms with Gasteiger partial charge in [0.2, 0.25) is 0 Å². The number of phenols is 1. The third kappa shape index (κ3) is 2.89. The first-order valence-electron chi connectivity index (χ1n) is 8.75. The highest BCUT2D eigenvalue weighted by molar-refractivity contribution is 5.76. The zero-order chi connectivity index (χ0) is 17.4. The SMILES string of the molecule is CNC(C)N1CCN2c3cc(-c4ccccc4O)nnc3NC[C@H]2C1. The number of hydrogen-bond donors (Lipinski definition) is 3. The Hall–Kier alpha value is -2.38. The van der Waals surface area contributed by atoms with E-state index in [1.54, 1.807) is 6.07 Å². The predicted octanol–water partition coefficient (Wildman–Crippen LogP) is 1.33. The fraction of sp³-hybridized carbons (Fsp3) is 0.444. The lowest BCUT2D eigenvalue weighted by Crippen LogP contribution is -2.61.